The molecule has 1 saturated heterocycles. The van der Waals surface area contributed by atoms with E-state index in [1.807, 2.05) is 35.2 Å². The third-order valence-electron chi connectivity index (χ3n) is 4.30. The number of benzene rings is 1. The van der Waals surface area contributed by atoms with Crippen molar-refractivity contribution in [3.05, 3.63) is 42.2 Å². The summed E-state index contributed by atoms with van der Waals surface area (Å²) in [6.07, 6.45) is 3.45. The molecular weight excluding hydrogens is 352 g/mol. The van der Waals surface area contributed by atoms with E-state index in [0.29, 0.717) is 37.1 Å². The lowest BCUT2D eigenvalue weighted by atomic mass is 10.1. The van der Waals surface area contributed by atoms with E-state index in [4.69, 9.17) is 10.5 Å². The van der Waals surface area contributed by atoms with Gasteiger partial charge in [0.05, 0.1) is 18.5 Å². The number of hydrogen-bond donors (Lipinski definition) is 1. The highest BCUT2D eigenvalue weighted by atomic mass is 35.5. The van der Waals surface area contributed by atoms with E-state index in [-0.39, 0.29) is 24.4 Å². The summed E-state index contributed by atoms with van der Waals surface area (Å²) in [5.74, 6) is 0.828. The van der Waals surface area contributed by atoms with Crippen molar-refractivity contribution >= 4 is 18.3 Å². The molecular formula is C19H27ClN4O2. The molecule has 1 aromatic carbocycles. The number of nitrogens with two attached hydrogens (primary N) is 1. The van der Waals surface area contributed by atoms with Crippen molar-refractivity contribution in [3.63, 3.8) is 0 Å². The number of hydrogen-bond acceptors (Lipinski definition) is 4. The highest BCUT2D eigenvalue weighted by Crippen LogP contribution is 2.23. The van der Waals surface area contributed by atoms with Gasteiger partial charge in [0.15, 0.2) is 11.4 Å². The maximum atomic E-state index is 12.9. The molecule has 0 radical (unpaired) electrons. The van der Waals surface area contributed by atoms with Crippen molar-refractivity contribution < 1.29 is 9.53 Å². The number of nitrogens with zero attached hydrogens (tertiary/aromatic N) is 3. The summed E-state index contributed by atoms with van der Waals surface area (Å²) in [5, 5.41) is 4.52. The molecule has 1 fully saturated rings. The minimum absolute atomic E-state index is 0. The van der Waals surface area contributed by atoms with Crippen molar-refractivity contribution in [2.45, 2.75) is 32.7 Å². The lowest BCUT2D eigenvalue weighted by Gasteiger charge is -2.29. The van der Waals surface area contributed by atoms with Crippen LogP contribution >= 0.6 is 12.4 Å². The van der Waals surface area contributed by atoms with Gasteiger partial charge in [-0.3, -0.25) is 4.79 Å². The summed E-state index contributed by atoms with van der Waals surface area (Å²) < 4.78 is 7.59. The first-order valence-corrected chi connectivity index (χ1v) is 8.87. The van der Waals surface area contributed by atoms with Crippen molar-refractivity contribution in [1.82, 2.24) is 14.7 Å². The predicted octanol–water partition coefficient (Wildman–Crippen LogP) is 2.89. The van der Waals surface area contributed by atoms with Gasteiger partial charge in [-0.2, -0.15) is 5.10 Å². The fourth-order valence-electron chi connectivity index (χ4n) is 2.83. The number of rotatable bonds is 5. The van der Waals surface area contributed by atoms with E-state index in [2.05, 4.69) is 18.9 Å². The SMILES string of the molecule is CC(C)COc1cn(-c2ccccc2)nc1C(=O)N1CCC(N)CC1.Cl. The molecule has 142 valence electrons. The van der Waals surface area contributed by atoms with Crippen LogP contribution in [-0.4, -0.2) is 46.3 Å². The van der Waals surface area contributed by atoms with Gasteiger partial charge in [0, 0.05) is 19.1 Å². The smallest absolute Gasteiger partial charge is 0.278 e. The number of likely N-dealkylation sites (tertiary alicyclic amines) is 1. The first-order valence-electron chi connectivity index (χ1n) is 8.87. The Labute approximate surface area is 160 Å². The topological polar surface area (TPSA) is 73.4 Å². The van der Waals surface area contributed by atoms with Gasteiger partial charge < -0.3 is 15.4 Å². The van der Waals surface area contributed by atoms with Crippen LogP contribution < -0.4 is 10.5 Å². The van der Waals surface area contributed by atoms with Gasteiger partial charge in [0.25, 0.3) is 5.91 Å². The molecule has 1 amide bonds. The standard InChI is InChI=1S/C19H26N4O2.ClH/c1-14(2)13-25-17-12-23(16-6-4-3-5-7-16)21-18(17)19(24)22-10-8-15(20)9-11-22;/h3-7,12,14-15H,8-11,13,20H2,1-2H3;1H. The Balaban J connectivity index is 0.00000243. The number of amides is 1. The Morgan fingerprint density at radius 3 is 2.54 bits per heavy atom. The molecule has 0 spiro atoms. The largest absolute Gasteiger partial charge is 0.489 e. The fourth-order valence-corrected chi connectivity index (χ4v) is 2.83. The van der Waals surface area contributed by atoms with Crippen LogP contribution in [0.15, 0.2) is 36.5 Å². The normalized spacial score (nSPS) is 15.0. The van der Waals surface area contributed by atoms with Gasteiger partial charge >= 0.3 is 0 Å². The Kier molecular flexibility index (Phi) is 7.06. The van der Waals surface area contributed by atoms with E-state index in [9.17, 15) is 4.79 Å². The molecule has 2 aromatic rings. The molecule has 3 rings (SSSR count). The Hall–Kier alpha value is -2.05. The second kappa shape index (κ2) is 9.05. The van der Waals surface area contributed by atoms with Gasteiger partial charge in [-0.1, -0.05) is 32.0 Å². The number of carbonyl (C=O) groups excluding carboxylic acids is 1. The average Bonchev–Trinajstić information content (AvgIpc) is 3.05. The maximum Gasteiger partial charge on any atom is 0.278 e. The van der Waals surface area contributed by atoms with E-state index in [1.165, 1.54) is 0 Å². The first kappa shape index (κ1) is 20.3. The zero-order valence-electron chi connectivity index (χ0n) is 15.3. The van der Waals surface area contributed by atoms with Crippen molar-refractivity contribution in [1.29, 1.82) is 0 Å². The number of aromatic nitrogens is 2. The fraction of sp³-hybridized carbons (Fsp3) is 0.474. The molecule has 0 atom stereocenters. The molecule has 1 aromatic heterocycles. The summed E-state index contributed by atoms with van der Waals surface area (Å²) in [4.78, 5) is 14.8. The number of carbonyl (C=O) groups is 1. The maximum absolute atomic E-state index is 12.9. The third kappa shape index (κ3) is 4.77. The van der Waals surface area contributed by atoms with E-state index in [1.54, 1.807) is 10.9 Å². The number of piperidine rings is 1. The van der Waals surface area contributed by atoms with Crippen LogP contribution in [0.4, 0.5) is 0 Å². The minimum atomic E-state index is -0.0830. The number of para-hydroxylation sites is 1. The second-order valence-corrected chi connectivity index (χ2v) is 6.96. The molecule has 2 N–H and O–H groups in total. The molecule has 6 nitrogen and oxygen atoms in total. The zero-order valence-corrected chi connectivity index (χ0v) is 16.1. The highest BCUT2D eigenvalue weighted by Gasteiger charge is 2.27. The first-order chi connectivity index (χ1) is 12.0. The van der Waals surface area contributed by atoms with E-state index < -0.39 is 0 Å². The third-order valence-corrected chi connectivity index (χ3v) is 4.30. The number of halogens is 1. The molecule has 0 aliphatic carbocycles. The molecule has 1 aliphatic rings. The summed E-state index contributed by atoms with van der Waals surface area (Å²) in [6.45, 7) is 6.04. The predicted molar refractivity (Wildman–Crippen MR) is 104 cm³/mol. The molecule has 2 heterocycles. The van der Waals surface area contributed by atoms with Gasteiger partial charge in [-0.15, -0.1) is 12.4 Å². The Morgan fingerprint density at radius 2 is 1.92 bits per heavy atom. The Morgan fingerprint density at radius 1 is 1.27 bits per heavy atom. The van der Waals surface area contributed by atoms with Crippen LogP contribution in [0.2, 0.25) is 0 Å². The van der Waals surface area contributed by atoms with Crippen LogP contribution in [0.5, 0.6) is 5.75 Å². The summed E-state index contributed by atoms with van der Waals surface area (Å²) in [6, 6.07) is 9.92. The highest BCUT2D eigenvalue weighted by molar-refractivity contribution is 5.95. The van der Waals surface area contributed by atoms with Gasteiger partial charge in [-0.25, -0.2) is 4.68 Å². The average molecular weight is 379 g/mol. The monoisotopic (exact) mass is 378 g/mol. The Bertz CT molecular complexity index is 710. The van der Waals surface area contributed by atoms with Gasteiger partial charge in [-0.05, 0) is 30.9 Å². The second-order valence-electron chi connectivity index (χ2n) is 6.96. The van der Waals surface area contributed by atoms with Gasteiger partial charge in [0.2, 0.25) is 0 Å². The van der Waals surface area contributed by atoms with Crippen LogP contribution in [0.3, 0.4) is 0 Å². The van der Waals surface area contributed by atoms with Crippen LogP contribution in [0, 0.1) is 5.92 Å². The van der Waals surface area contributed by atoms with Crippen molar-refractivity contribution in [3.8, 4) is 11.4 Å². The molecule has 1 aliphatic heterocycles. The van der Waals surface area contributed by atoms with Crippen molar-refractivity contribution in [2.75, 3.05) is 19.7 Å². The summed E-state index contributed by atoms with van der Waals surface area (Å²) >= 11 is 0. The van der Waals surface area contributed by atoms with Crippen molar-refractivity contribution in [2.24, 2.45) is 11.7 Å². The minimum Gasteiger partial charge on any atom is -0.489 e. The van der Waals surface area contributed by atoms with E-state index >= 15 is 0 Å². The quantitative estimate of drug-likeness (QED) is 0.868. The van der Waals surface area contributed by atoms with Gasteiger partial charge in [0.1, 0.15) is 0 Å². The molecule has 0 saturated carbocycles. The van der Waals surface area contributed by atoms with Crippen LogP contribution in [0.1, 0.15) is 37.2 Å². The lowest BCUT2D eigenvalue weighted by molar-refractivity contribution is 0.0703. The van der Waals surface area contributed by atoms with E-state index in [0.717, 1.165) is 18.5 Å². The van der Waals surface area contributed by atoms with Crippen LogP contribution in [-0.2, 0) is 0 Å². The lowest BCUT2D eigenvalue weighted by Crippen LogP contribution is -2.43. The van der Waals surface area contributed by atoms with Crippen LogP contribution in [0.25, 0.3) is 5.69 Å². The molecule has 0 bridgehead atoms. The molecule has 26 heavy (non-hydrogen) atoms. The zero-order chi connectivity index (χ0) is 17.8. The number of ether oxygens (including phenoxy) is 1. The molecule has 0 unspecified atom stereocenters. The molecule has 7 heteroatoms. The summed E-state index contributed by atoms with van der Waals surface area (Å²) in [5.41, 5.74) is 7.22. The summed E-state index contributed by atoms with van der Waals surface area (Å²) in [7, 11) is 0.